The number of carbonyl (C=O) groups is 1. The molecule has 0 bridgehead atoms. The summed E-state index contributed by atoms with van der Waals surface area (Å²) < 4.78 is 33.2. The summed E-state index contributed by atoms with van der Waals surface area (Å²) in [6.45, 7) is 3.50. The number of hydrogen-bond acceptors (Lipinski definition) is 8. The maximum atomic E-state index is 12.5. The number of phosphoric acid groups is 1. The maximum Gasteiger partial charge on any atom is 0.472 e. The quantitative estimate of drug-likeness (QED) is 0.0248. The molecule has 3 atom stereocenters. The van der Waals surface area contributed by atoms with E-state index in [1.807, 2.05) is 0 Å². The zero-order valence-electron chi connectivity index (χ0n) is 31.0. The van der Waals surface area contributed by atoms with E-state index in [-0.39, 0.29) is 25.6 Å². The van der Waals surface area contributed by atoms with Crippen LogP contribution in [0, 0.1) is 0 Å². The van der Waals surface area contributed by atoms with Crippen LogP contribution >= 0.6 is 7.82 Å². The van der Waals surface area contributed by atoms with Crippen LogP contribution in [0.25, 0.3) is 0 Å². The van der Waals surface area contributed by atoms with Gasteiger partial charge in [0.25, 0.3) is 0 Å². The van der Waals surface area contributed by atoms with Crippen LogP contribution < -0.4 is 0 Å². The van der Waals surface area contributed by atoms with Gasteiger partial charge in [0.15, 0.2) is 0 Å². The maximum absolute atomic E-state index is 12.5. The third kappa shape index (κ3) is 35.0. The van der Waals surface area contributed by atoms with E-state index in [1.165, 1.54) is 122 Å². The van der Waals surface area contributed by atoms with E-state index in [0.717, 1.165) is 38.5 Å². The van der Waals surface area contributed by atoms with Crippen molar-refractivity contribution >= 4 is 13.8 Å². The van der Waals surface area contributed by atoms with Crippen LogP contribution in [-0.4, -0.2) is 66.3 Å². The number of allylic oxidation sites excluding steroid dienone is 2. The summed E-state index contributed by atoms with van der Waals surface area (Å²) in [6, 6.07) is 0. The second-order valence-electron chi connectivity index (χ2n) is 13.3. The molecule has 48 heavy (non-hydrogen) atoms. The van der Waals surface area contributed by atoms with Gasteiger partial charge in [-0.05, 0) is 38.5 Å². The summed E-state index contributed by atoms with van der Waals surface area (Å²) in [5.41, 5.74) is 0. The molecule has 0 saturated heterocycles. The number of phosphoric ester groups is 1. The molecule has 0 aliphatic heterocycles. The topological polar surface area (TPSA) is 132 Å². The van der Waals surface area contributed by atoms with E-state index in [4.69, 9.17) is 23.6 Å². The fourth-order valence-electron chi connectivity index (χ4n) is 5.41. The van der Waals surface area contributed by atoms with E-state index in [0.29, 0.717) is 6.61 Å². The Hall–Kier alpha value is -0.800. The zero-order valence-corrected chi connectivity index (χ0v) is 31.9. The Morgan fingerprint density at radius 3 is 1.56 bits per heavy atom. The molecule has 0 heterocycles. The molecule has 3 N–H and O–H groups in total. The molecule has 0 spiro atoms. The Bertz CT molecular complexity index is 764. The second-order valence-corrected chi connectivity index (χ2v) is 14.8. The molecular formula is C38H75O9P. The van der Waals surface area contributed by atoms with Crippen molar-refractivity contribution in [3.8, 4) is 0 Å². The number of aliphatic hydroxyl groups is 2. The lowest BCUT2D eigenvalue weighted by Crippen LogP contribution is -2.29. The molecule has 10 heteroatoms. The molecule has 0 saturated carbocycles. The minimum atomic E-state index is -4.50. The van der Waals surface area contributed by atoms with Gasteiger partial charge < -0.3 is 24.6 Å². The van der Waals surface area contributed by atoms with E-state index in [9.17, 15) is 19.4 Å². The standard InChI is InChI=1S/C38H75O9P/c1-3-5-7-9-11-13-14-15-16-17-18-19-20-21-23-25-27-29-31-44-34-37(35-46-48(42,43)45-33-36(40)32-39)47-38(41)30-28-26-24-22-12-10-8-6-4-2/h15-16,36-37,39-40H,3-14,17-35H2,1-2H3,(H,42,43)/b16-15-. The van der Waals surface area contributed by atoms with E-state index >= 15 is 0 Å². The summed E-state index contributed by atoms with van der Waals surface area (Å²) in [5, 5.41) is 18.3. The first-order valence-electron chi connectivity index (χ1n) is 19.7. The summed E-state index contributed by atoms with van der Waals surface area (Å²) in [7, 11) is -4.50. The zero-order chi connectivity index (χ0) is 35.4. The van der Waals surface area contributed by atoms with E-state index in [1.54, 1.807) is 0 Å². The fraction of sp³-hybridized carbons (Fsp3) is 0.921. The van der Waals surface area contributed by atoms with Crippen LogP contribution in [-0.2, 0) is 27.9 Å². The highest BCUT2D eigenvalue weighted by Gasteiger charge is 2.26. The van der Waals surface area contributed by atoms with Crippen molar-refractivity contribution in [3.63, 3.8) is 0 Å². The van der Waals surface area contributed by atoms with Gasteiger partial charge in [-0.25, -0.2) is 4.57 Å². The first-order valence-corrected chi connectivity index (χ1v) is 21.2. The van der Waals surface area contributed by atoms with E-state index in [2.05, 4.69) is 26.0 Å². The highest BCUT2D eigenvalue weighted by atomic mass is 31.2. The molecular weight excluding hydrogens is 631 g/mol. The molecule has 0 aromatic carbocycles. The van der Waals surface area contributed by atoms with Gasteiger partial charge in [0.1, 0.15) is 12.2 Å². The second kappa shape index (κ2) is 36.0. The Kier molecular flexibility index (Phi) is 35.4. The minimum absolute atomic E-state index is 0.0518. The van der Waals surface area contributed by atoms with Gasteiger partial charge in [-0.2, -0.15) is 0 Å². The highest BCUT2D eigenvalue weighted by molar-refractivity contribution is 7.47. The first kappa shape index (κ1) is 47.2. The average molecular weight is 707 g/mol. The lowest BCUT2D eigenvalue weighted by Gasteiger charge is -2.20. The number of hydrogen-bond donors (Lipinski definition) is 3. The third-order valence-corrected chi connectivity index (χ3v) is 9.40. The predicted octanol–water partition coefficient (Wildman–Crippen LogP) is 10.1. The molecule has 0 radical (unpaired) electrons. The van der Waals surface area contributed by atoms with Crippen LogP contribution in [0.4, 0.5) is 0 Å². The molecule has 0 aliphatic carbocycles. The summed E-state index contributed by atoms with van der Waals surface area (Å²) >= 11 is 0. The summed E-state index contributed by atoms with van der Waals surface area (Å²) in [5.74, 6) is -0.385. The Morgan fingerprint density at radius 2 is 1.06 bits per heavy atom. The SMILES string of the molecule is CCCCCCCC/C=C\CCCCCCCCCCOCC(COP(=O)(O)OCC(O)CO)OC(=O)CCCCCCCCCCC. The van der Waals surface area contributed by atoms with Crippen molar-refractivity contribution in [2.24, 2.45) is 0 Å². The van der Waals surface area contributed by atoms with Crippen LogP contribution in [0.15, 0.2) is 12.2 Å². The molecule has 0 aromatic heterocycles. The van der Waals surface area contributed by atoms with Gasteiger partial charge in [-0.15, -0.1) is 0 Å². The molecule has 3 unspecified atom stereocenters. The van der Waals surface area contributed by atoms with Crippen LogP contribution in [0.1, 0.15) is 181 Å². The molecule has 0 rings (SSSR count). The van der Waals surface area contributed by atoms with Crippen molar-refractivity contribution in [1.29, 1.82) is 0 Å². The van der Waals surface area contributed by atoms with Crippen molar-refractivity contribution in [2.45, 2.75) is 193 Å². The van der Waals surface area contributed by atoms with Gasteiger partial charge in [0, 0.05) is 13.0 Å². The van der Waals surface area contributed by atoms with Gasteiger partial charge in [-0.3, -0.25) is 13.8 Å². The van der Waals surface area contributed by atoms with Crippen LogP contribution in [0.5, 0.6) is 0 Å². The minimum Gasteiger partial charge on any atom is -0.457 e. The Balaban J connectivity index is 4.12. The number of ether oxygens (including phenoxy) is 2. The molecule has 286 valence electrons. The number of carbonyl (C=O) groups excluding carboxylic acids is 1. The van der Waals surface area contributed by atoms with Crippen LogP contribution in [0.3, 0.4) is 0 Å². The van der Waals surface area contributed by atoms with Crippen molar-refractivity contribution in [2.75, 3.05) is 33.0 Å². The number of esters is 1. The predicted molar refractivity (Wildman–Crippen MR) is 196 cm³/mol. The summed E-state index contributed by atoms with van der Waals surface area (Å²) in [6.07, 6.45) is 33.2. The number of rotatable bonds is 38. The highest BCUT2D eigenvalue weighted by Crippen LogP contribution is 2.43. The van der Waals surface area contributed by atoms with Gasteiger partial charge in [0.05, 0.1) is 26.4 Å². The normalized spacial score (nSPS) is 14.4. The molecule has 0 fully saturated rings. The van der Waals surface area contributed by atoms with E-state index < -0.39 is 33.2 Å². The Morgan fingerprint density at radius 1 is 0.625 bits per heavy atom. The van der Waals surface area contributed by atoms with Crippen LogP contribution in [0.2, 0.25) is 0 Å². The molecule has 0 amide bonds. The lowest BCUT2D eigenvalue weighted by atomic mass is 10.1. The van der Waals surface area contributed by atoms with Gasteiger partial charge in [0.2, 0.25) is 0 Å². The number of unbranched alkanes of at least 4 members (excludes halogenated alkanes) is 22. The molecule has 0 aliphatic rings. The molecule has 9 nitrogen and oxygen atoms in total. The first-order chi connectivity index (χ1) is 23.3. The number of aliphatic hydroxyl groups excluding tert-OH is 2. The third-order valence-electron chi connectivity index (χ3n) is 8.45. The largest absolute Gasteiger partial charge is 0.472 e. The fourth-order valence-corrected chi connectivity index (χ4v) is 6.20. The van der Waals surface area contributed by atoms with Gasteiger partial charge >= 0.3 is 13.8 Å². The smallest absolute Gasteiger partial charge is 0.457 e. The lowest BCUT2D eigenvalue weighted by molar-refractivity contribution is -0.154. The monoisotopic (exact) mass is 707 g/mol. The van der Waals surface area contributed by atoms with Crippen molar-refractivity contribution in [1.82, 2.24) is 0 Å². The van der Waals surface area contributed by atoms with Crippen molar-refractivity contribution in [3.05, 3.63) is 12.2 Å². The Labute approximate surface area is 294 Å². The van der Waals surface area contributed by atoms with Crippen molar-refractivity contribution < 1.29 is 43.0 Å². The molecule has 0 aromatic rings. The van der Waals surface area contributed by atoms with Gasteiger partial charge in [-0.1, -0.05) is 148 Å². The average Bonchev–Trinajstić information content (AvgIpc) is 3.07. The summed E-state index contributed by atoms with van der Waals surface area (Å²) in [4.78, 5) is 22.4.